The molecule has 3 aliphatic heterocycles. The Kier molecular flexibility index (Phi) is 11.3. The Balaban J connectivity index is 1.09. The number of anilines is 2. The van der Waals surface area contributed by atoms with Gasteiger partial charge < -0.3 is 35.0 Å². The molecule has 5 heterocycles. The van der Waals surface area contributed by atoms with Crippen LogP contribution in [0.25, 0.3) is 10.9 Å². The van der Waals surface area contributed by atoms with E-state index in [0.717, 1.165) is 59.3 Å². The number of hydrazine groups is 1. The fraction of sp³-hybridized carbons (Fsp3) is 0.311. The summed E-state index contributed by atoms with van der Waals surface area (Å²) >= 11 is 0. The summed E-state index contributed by atoms with van der Waals surface area (Å²) in [5.74, 6) is 0.162. The predicted molar refractivity (Wildman–Crippen MR) is 225 cm³/mol. The molecule has 2 atom stereocenters. The lowest BCUT2D eigenvalue weighted by Crippen LogP contribution is -2.76. The number of phenols is 1. The molecule has 0 saturated carbocycles. The van der Waals surface area contributed by atoms with E-state index in [9.17, 15) is 24.3 Å². The van der Waals surface area contributed by atoms with Gasteiger partial charge in [0.1, 0.15) is 23.8 Å². The number of para-hydroxylation sites is 1. The Morgan fingerprint density at radius 2 is 1.71 bits per heavy atom. The number of carbonyl (C=O) groups excluding carboxylic acids is 4. The first kappa shape index (κ1) is 39.2. The zero-order chi connectivity index (χ0) is 41.0. The third-order valence-corrected chi connectivity index (χ3v) is 11.4. The van der Waals surface area contributed by atoms with Crippen LogP contribution in [0.15, 0.2) is 110 Å². The zero-order valence-corrected chi connectivity index (χ0v) is 33.2. The number of nitrogens with zero attached hydrogens (tertiary/aromatic N) is 7. The van der Waals surface area contributed by atoms with E-state index in [1.54, 1.807) is 62.6 Å². The lowest BCUT2D eigenvalue weighted by atomic mass is 9.98. The maximum Gasteiger partial charge on any atom is 0.334 e. The Morgan fingerprint density at radius 1 is 0.932 bits per heavy atom. The molecule has 14 heteroatoms. The number of rotatable bonds is 11. The van der Waals surface area contributed by atoms with Gasteiger partial charge in [-0.25, -0.2) is 19.8 Å². The number of hydrogen-bond acceptors (Lipinski definition) is 8. The Morgan fingerprint density at radius 3 is 2.44 bits per heavy atom. The van der Waals surface area contributed by atoms with E-state index in [-0.39, 0.29) is 62.6 Å². The number of piperidine rings is 1. The Bertz CT molecular complexity index is 2340. The van der Waals surface area contributed by atoms with E-state index in [2.05, 4.69) is 27.1 Å². The van der Waals surface area contributed by atoms with Gasteiger partial charge in [0.15, 0.2) is 0 Å². The number of urea groups is 1. The zero-order valence-electron chi connectivity index (χ0n) is 33.2. The number of hydrogen-bond donors (Lipinski definition) is 3. The maximum atomic E-state index is 14.7. The summed E-state index contributed by atoms with van der Waals surface area (Å²) < 4.78 is 1.89. The number of aryl methyl sites for hydroxylation is 1. The number of piperazine rings is 1. The second kappa shape index (κ2) is 17.0. The number of aromatic hydroxyl groups is 1. The fourth-order valence-corrected chi connectivity index (χ4v) is 8.59. The molecule has 0 radical (unpaired) electrons. The van der Waals surface area contributed by atoms with Gasteiger partial charge in [-0.3, -0.25) is 14.4 Å². The number of phenolic OH excluding ortho intramolecular Hbond substituents is 1. The minimum atomic E-state index is -0.940. The molecule has 8 rings (SSSR count). The minimum Gasteiger partial charge on any atom is -0.508 e. The number of pyridine rings is 1. The molecule has 5 amide bonds. The van der Waals surface area contributed by atoms with Crippen LogP contribution in [0.1, 0.15) is 46.3 Å². The highest BCUT2D eigenvalue weighted by Crippen LogP contribution is 2.32. The van der Waals surface area contributed by atoms with E-state index in [1.165, 1.54) is 6.42 Å². The molecule has 5 aromatic rings. The minimum absolute atomic E-state index is 0.0393. The molecule has 0 bridgehead atoms. The molecule has 3 saturated heterocycles. The number of amides is 5. The van der Waals surface area contributed by atoms with Crippen molar-refractivity contribution in [2.45, 2.75) is 51.0 Å². The van der Waals surface area contributed by atoms with Crippen molar-refractivity contribution in [3.05, 3.63) is 132 Å². The standard InChI is InChI=1S/C45H49N9O5/c1-3-21-52-30-41(56)53-38(24-31-15-18-35(55)19-16-31)44(58)51(29-40(53)54(52)45(59)47-25-32-11-6-4-7-12-32)27-33-13-10-14-36-37(28-49(2)42(33)36)43(57)48-34-17-20-39(46-26-34)50-22-8-5-9-23-50/h3-4,6-7,10-20,26,28,38,40,55H,1,5,8-9,21-25,27,29-30H2,2H3,(H,47,59)(H,48,57)/t38-,40-/m0/s1. The van der Waals surface area contributed by atoms with Crippen molar-refractivity contribution in [1.29, 1.82) is 0 Å². The molecule has 0 unspecified atom stereocenters. The monoisotopic (exact) mass is 795 g/mol. The molecular weight excluding hydrogens is 747 g/mol. The highest BCUT2D eigenvalue weighted by Gasteiger charge is 2.51. The van der Waals surface area contributed by atoms with Crippen molar-refractivity contribution in [3.8, 4) is 5.75 Å². The Labute approximate surface area is 343 Å². The van der Waals surface area contributed by atoms with Crippen molar-refractivity contribution < 1.29 is 24.3 Å². The molecule has 3 N–H and O–H groups in total. The Hall–Kier alpha value is -6.67. The second-order valence-corrected chi connectivity index (χ2v) is 15.4. The van der Waals surface area contributed by atoms with Gasteiger partial charge in [-0.15, -0.1) is 6.58 Å². The van der Waals surface area contributed by atoms with Crippen LogP contribution < -0.4 is 15.5 Å². The van der Waals surface area contributed by atoms with E-state index >= 15 is 0 Å². The smallest absolute Gasteiger partial charge is 0.334 e. The summed E-state index contributed by atoms with van der Waals surface area (Å²) in [5, 5.41) is 20.0. The quantitative estimate of drug-likeness (QED) is 0.154. The largest absolute Gasteiger partial charge is 0.508 e. The lowest BCUT2D eigenvalue weighted by Gasteiger charge is -2.55. The molecule has 304 valence electrons. The third kappa shape index (κ3) is 8.21. The summed E-state index contributed by atoms with van der Waals surface area (Å²) in [6.45, 7) is 6.42. The van der Waals surface area contributed by atoms with Crippen LogP contribution >= 0.6 is 0 Å². The molecule has 0 spiro atoms. The molecule has 3 aromatic carbocycles. The first-order valence-electron chi connectivity index (χ1n) is 20.1. The van der Waals surface area contributed by atoms with Crippen LogP contribution in [0.4, 0.5) is 16.3 Å². The number of aromatic nitrogens is 2. The van der Waals surface area contributed by atoms with Gasteiger partial charge in [-0.2, -0.15) is 0 Å². The summed E-state index contributed by atoms with van der Waals surface area (Å²) in [5.41, 5.74) is 4.32. The topological polar surface area (TPSA) is 147 Å². The maximum absolute atomic E-state index is 14.7. The van der Waals surface area contributed by atoms with Crippen LogP contribution in [-0.2, 0) is 36.1 Å². The molecule has 0 aliphatic carbocycles. The van der Waals surface area contributed by atoms with Crippen molar-refractivity contribution in [2.24, 2.45) is 7.05 Å². The van der Waals surface area contributed by atoms with Crippen molar-refractivity contribution >= 4 is 46.2 Å². The fourth-order valence-electron chi connectivity index (χ4n) is 8.59. The van der Waals surface area contributed by atoms with Crippen LogP contribution in [0.3, 0.4) is 0 Å². The van der Waals surface area contributed by atoms with Gasteiger partial charge in [-0.1, -0.05) is 66.7 Å². The van der Waals surface area contributed by atoms with Crippen LogP contribution in [0.5, 0.6) is 5.75 Å². The molecule has 3 aliphatic rings. The number of benzene rings is 3. The normalized spacial score (nSPS) is 18.5. The molecule has 14 nitrogen and oxygen atoms in total. The summed E-state index contributed by atoms with van der Waals surface area (Å²) in [6.07, 6.45) is 7.98. The number of carbonyl (C=O) groups is 4. The van der Waals surface area contributed by atoms with Gasteiger partial charge in [0.05, 0.1) is 36.1 Å². The van der Waals surface area contributed by atoms with E-state index in [1.807, 2.05) is 72.3 Å². The summed E-state index contributed by atoms with van der Waals surface area (Å²) in [4.78, 5) is 66.9. The van der Waals surface area contributed by atoms with Gasteiger partial charge in [-0.05, 0) is 60.2 Å². The van der Waals surface area contributed by atoms with Gasteiger partial charge in [0.25, 0.3) is 5.91 Å². The molecule has 3 fully saturated rings. The number of nitrogens with one attached hydrogen (secondary N) is 2. The second-order valence-electron chi connectivity index (χ2n) is 15.4. The predicted octanol–water partition coefficient (Wildman–Crippen LogP) is 5.26. The van der Waals surface area contributed by atoms with Gasteiger partial charge in [0, 0.05) is 57.8 Å². The average Bonchev–Trinajstić information content (AvgIpc) is 3.60. The lowest BCUT2D eigenvalue weighted by molar-refractivity contribution is -0.189. The van der Waals surface area contributed by atoms with Crippen molar-refractivity contribution in [2.75, 3.05) is 42.9 Å². The van der Waals surface area contributed by atoms with Crippen LogP contribution in [0, 0.1) is 0 Å². The molecule has 59 heavy (non-hydrogen) atoms. The van der Waals surface area contributed by atoms with Gasteiger partial charge >= 0.3 is 6.03 Å². The van der Waals surface area contributed by atoms with E-state index in [4.69, 9.17) is 0 Å². The highest BCUT2D eigenvalue weighted by atomic mass is 16.3. The molecule has 2 aromatic heterocycles. The van der Waals surface area contributed by atoms with Crippen LogP contribution in [0.2, 0.25) is 0 Å². The summed E-state index contributed by atoms with van der Waals surface area (Å²) in [6, 6.07) is 24.3. The highest BCUT2D eigenvalue weighted by molar-refractivity contribution is 6.13. The van der Waals surface area contributed by atoms with E-state index in [0.29, 0.717) is 11.3 Å². The van der Waals surface area contributed by atoms with Gasteiger partial charge in [0.2, 0.25) is 11.8 Å². The van der Waals surface area contributed by atoms with E-state index < -0.39 is 18.2 Å². The van der Waals surface area contributed by atoms with Crippen molar-refractivity contribution in [3.63, 3.8) is 0 Å². The first-order chi connectivity index (χ1) is 28.7. The number of fused-ring (bicyclic) bond motifs is 2. The van der Waals surface area contributed by atoms with Crippen LogP contribution in [-0.4, -0.2) is 103 Å². The van der Waals surface area contributed by atoms with Crippen molar-refractivity contribution in [1.82, 2.24) is 34.7 Å². The average molecular weight is 796 g/mol. The third-order valence-electron chi connectivity index (χ3n) is 11.4. The molecular formula is C45H49N9O5. The summed E-state index contributed by atoms with van der Waals surface area (Å²) in [7, 11) is 1.87. The SMILES string of the molecule is C=CCN1CC(=O)N2[C@@H](Cc3ccc(O)cc3)C(=O)N(Cc3cccc4c(C(=O)Nc5ccc(N6CCCCC6)nc5)cn(C)c34)C[C@@H]2N1C(=O)NCc1ccccc1. The first-order valence-corrected chi connectivity index (χ1v) is 20.1.